The van der Waals surface area contributed by atoms with Crippen molar-refractivity contribution in [2.75, 3.05) is 31.5 Å². The largest absolute Gasteiger partial charge is 0.467 e. The molecule has 0 rings (SSSR count). The number of nitrogens with one attached hydrogen (secondary N) is 2. The molecule has 0 heterocycles. The average molecular weight is 609 g/mol. The number of halogens is 3. The average Bonchev–Trinajstić information content (AvgIpc) is 2.76. The highest BCUT2D eigenvalue weighted by molar-refractivity contribution is 7.99. The molecule has 0 saturated heterocycles. The molecular formula is C24H43F3N2O8S2. The fourth-order valence-corrected chi connectivity index (χ4v) is 3.70. The first kappa shape index (κ1) is 39.1. The van der Waals surface area contributed by atoms with Gasteiger partial charge in [-0.3, -0.25) is 0 Å². The van der Waals surface area contributed by atoms with Crippen LogP contribution in [0.2, 0.25) is 0 Å². The molecule has 39 heavy (non-hydrogen) atoms. The smallest absolute Gasteiger partial charge is 0.408 e. The van der Waals surface area contributed by atoms with E-state index in [2.05, 4.69) is 32.7 Å². The van der Waals surface area contributed by atoms with Gasteiger partial charge in [-0.15, -0.1) is 0 Å². The molecule has 0 aromatic carbocycles. The minimum atomic E-state index is -4.15. The molecule has 0 aromatic heterocycles. The van der Waals surface area contributed by atoms with Crippen LogP contribution in [0.4, 0.5) is 22.8 Å². The normalized spacial score (nSPS) is 13.1. The van der Waals surface area contributed by atoms with Crippen molar-refractivity contribution in [2.24, 2.45) is 0 Å². The van der Waals surface area contributed by atoms with Gasteiger partial charge in [0.05, 0.1) is 14.2 Å². The van der Waals surface area contributed by atoms with Gasteiger partial charge in [-0.1, -0.05) is 0 Å². The molecule has 0 spiro atoms. The standard InChI is InChI=1S/C14H24F3NO4S.C10H19NO4S/c1-13(2,3)22-12(20)18-10(11(19)21-4)6-9-23-8-5-7-14(15,16)17;1-10(2,3)15-9(13)11-7(5-6-16)8(12)14-4/h10H,5-9H2,1-4H3,(H,18,20);7,16H,5-6H2,1-4H3,(H,11,13)/t10-;7-/m00/s1. The highest BCUT2D eigenvalue weighted by atomic mass is 32.2. The zero-order valence-corrected chi connectivity index (χ0v) is 25.6. The molecule has 15 heteroatoms. The first-order valence-corrected chi connectivity index (χ1v) is 13.9. The van der Waals surface area contributed by atoms with Crippen LogP contribution in [0.5, 0.6) is 0 Å². The maximum atomic E-state index is 12.0. The van der Waals surface area contributed by atoms with Gasteiger partial charge in [0.2, 0.25) is 0 Å². The molecule has 0 aliphatic carbocycles. The van der Waals surface area contributed by atoms with Crippen LogP contribution in [0, 0.1) is 0 Å². The van der Waals surface area contributed by atoms with Crippen molar-refractivity contribution in [3.63, 3.8) is 0 Å². The lowest BCUT2D eigenvalue weighted by Crippen LogP contribution is -2.44. The Hall–Kier alpha value is -2.03. The zero-order valence-electron chi connectivity index (χ0n) is 23.9. The SMILES string of the molecule is COC(=O)[C@H](CCS)NC(=O)OC(C)(C)C.COC(=O)[C@H](CCSCCCC(F)(F)F)NC(=O)OC(C)(C)C. The number of thiol groups is 1. The van der Waals surface area contributed by atoms with Crippen LogP contribution in [-0.4, -0.2) is 85.1 Å². The molecule has 2 amide bonds. The van der Waals surface area contributed by atoms with Gasteiger partial charge in [-0.05, 0) is 78.1 Å². The summed E-state index contributed by atoms with van der Waals surface area (Å²) >= 11 is 5.29. The summed E-state index contributed by atoms with van der Waals surface area (Å²) in [5.41, 5.74) is -1.29. The first-order valence-electron chi connectivity index (χ1n) is 12.1. The Kier molecular flexibility index (Phi) is 19.2. The molecule has 230 valence electrons. The Bertz CT molecular complexity index is 757. The summed E-state index contributed by atoms with van der Waals surface area (Å²) in [7, 11) is 2.47. The zero-order chi connectivity index (χ0) is 30.9. The minimum Gasteiger partial charge on any atom is -0.467 e. The Morgan fingerprint density at radius 2 is 1.18 bits per heavy atom. The van der Waals surface area contributed by atoms with Gasteiger partial charge in [-0.2, -0.15) is 37.6 Å². The number of alkyl halides is 3. The molecule has 0 radical (unpaired) electrons. The lowest BCUT2D eigenvalue weighted by molar-refractivity contribution is -0.143. The number of hydrogen-bond acceptors (Lipinski definition) is 10. The minimum absolute atomic E-state index is 0.0244. The highest BCUT2D eigenvalue weighted by Gasteiger charge is 2.27. The molecule has 2 atom stereocenters. The van der Waals surface area contributed by atoms with E-state index in [0.717, 1.165) is 0 Å². The molecule has 0 aromatic rings. The van der Waals surface area contributed by atoms with Crippen molar-refractivity contribution in [3.8, 4) is 0 Å². The second-order valence-electron chi connectivity index (χ2n) is 10.1. The van der Waals surface area contributed by atoms with E-state index in [1.165, 1.54) is 26.0 Å². The van der Waals surface area contributed by atoms with Gasteiger partial charge in [0.1, 0.15) is 23.3 Å². The number of methoxy groups -OCH3 is 2. The van der Waals surface area contributed by atoms with E-state index < -0.39 is 60.0 Å². The van der Waals surface area contributed by atoms with E-state index in [4.69, 9.17) is 9.47 Å². The third kappa shape index (κ3) is 24.7. The molecule has 0 saturated carbocycles. The summed E-state index contributed by atoms with van der Waals surface area (Å²) in [6, 6.07) is -1.60. The van der Waals surface area contributed by atoms with Gasteiger partial charge >= 0.3 is 30.3 Å². The second-order valence-corrected chi connectivity index (χ2v) is 11.7. The summed E-state index contributed by atoms with van der Waals surface area (Å²) in [6.07, 6.45) is -5.67. The molecule has 2 N–H and O–H groups in total. The molecule has 0 bridgehead atoms. The predicted molar refractivity (Wildman–Crippen MR) is 146 cm³/mol. The molecule has 0 aliphatic rings. The number of carbonyl (C=O) groups is 4. The quantitative estimate of drug-likeness (QED) is 0.123. The number of carbonyl (C=O) groups excluding carboxylic acids is 4. The van der Waals surface area contributed by atoms with Crippen molar-refractivity contribution in [1.29, 1.82) is 0 Å². The van der Waals surface area contributed by atoms with Gasteiger partial charge in [0.15, 0.2) is 0 Å². The summed E-state index contributed by atoms with van der Waals surface area (Å²) in [5.74, 6) is 0.106. The van der Waals surface area contributed by atoms with Crippen molar-refractivity contribution < 1.29 is 51.3 Å². The van der Waals surface area contributed by atoms with Gasteiger partial charge in [0.25, 0.3) is 0 Å². The lowest BCUT2D eigenvalue weighted by atomic mass is 10.2. The Morgan fingerprint density at radius 3 is 1.51 bits per heavy atom. The van der Waals surface area contributed by atoms with Gasteiger partial charge < -0.3 is 29.6 Å². The number of ether oxygens (including phenoxy) is 4. The summed E-state index contributed by atoms with van der Waals surface area (Å²) in [4.78, 5) is 46.0. The molecular weight excluding hydrogens is 565 g/mol. The summed E-state index contributed by atoms with van der Waals surface area (Å²) < 4.78 is 55.2. The fraction of sp³-hybridized carbons (Fsp3) is 0.833. The van der Waals surface area contributed by atoms with E-state index in [1.807, 2.05) is 0 Å². The second kappa shape index (κ2) is 19.1. The van der Waals surface area contributed by atoms with Crippen LogP contribution >= 0.6 is 24.4 Å². The monoisotopic (exact) mass is 608 g/mol. The number of alkyl carbamates (subject to hydrolysis) is 2. The highest BCUT2D eigenvalue weighted by Crippen LogP contribution is 2.22. The number of rotatable bonds is 12. The molecule has 0 unspecified atom stereocenters. The van der Waals surface area contributed by atoms with Crippen LogP contribution < -0.4 is 10.6 Å². The third-order valence-corrected chi connectivity index (χ3v) is 5.43. The lowest BCUT2D eigenvalue weighted by Gasteiger charge is -2.22. The van der Waals surface area contributed by atoms with Crippen LogP contribution in [0.25, 0.3) is 0 Å². The predicted octanol–water partition coefficient (Wildman–Crippen LogP) is 4.89. The van der Waals surface area contributed by atoms with Crippen molar-refractivity contribution in [2.45, 2.75) is 96.7 Å². The van der Waals surface area contributed by atoms with E-state index in [-0.39, 0.29) is 12.8 Å². The Morgan fingerprint density at radius 1 is 0.769 bits per heavy atom. The van der Waals surface area contributed by atoms with E-state index in [9.17, 15) is 32.3 Å². The maximum Gasteiger partial charge on any atom is 0.408 e. The first-order chi connectivity index (χ1) is 17.7. The van der Waals surface area contributed by atoms with Crippen LogP contribution in [0.1, 0.15) is 67.2 Å². The Balaban J connectivity index is 0. The number of thioether (sulfide) groups is 1. The number of amides is 2. The van der Waals surface area contributed by atoms with E-state index >= 15 is 0 Å². The van der Waals surface area contributed by atoms with Crippen molar-refractivity contribution >= 4 is 48.5 Å². The maximum absolute atomic E-state index is 12.0. The summed E-state index contributed by atoms with van der Waals surface area (Å²) in [5, 5.41) is 4.85. The molecule has 0 aliphatic heterocycles. The number of esters is 2. The van der Waals surface area contributed by atoms with Crippen LogP contribution in [0.15, 0.2) is 0 Å². The van der Waals surface area contributed by atoms with E-state index in [0.29, 0.717) is 23.7 Å². The molecule has 0 fully saturated rings. The third-order valence-electron chi connectivity index (χ3n) is 4.07. The topological polar surface area (TPSA) is 129 Å². The fourth-order valence-electron chi connectivity index (χ4n) is 2.49. The van der Waals surface area contributed by atoms with Crippen molar-refractivity contribution in [1.82, 2.24) is 10.6 Å². The van der Waals surface area contributed by atoms with E-state index in [1.54, 1.807) is 41.5 Å². The van der Waals surface area contributed by atoms with Crippen LogP contribution in [0.3, 0.4) is 0 Å². The van der Waals surface area contributed by atoms with Gasteiger partial charge in [0, 0.05) is 6.42 Å². The van der Waals surface area contributed by atoms with Crippen LogP contribution in [-0.2, 0) is 28.5 Å². The number of hydrogen-bond donors (Lipinski definition) is 3. The Labute approximate surface area is 238 Å². The summed E-state index contributed by atoms with van der Waals surface area (Å²) in [6.45, 7) is 10.3. The van der Waals surface area contributed by atoms with Gasteiger partial charge in [-0.25, -0.2) is 19.2 Å². The van der Waals surface area contributed by atoms with Crippen molar-refractivity contribution in [3.05, 3.63) is 0 Å². The molecule has 10 nitrogen and oxygen atoms in total.